The molecule has 0 atom stereocenters. The van der Waals surface area contributed by atoms with Gasteiger partial charge in [-0.3, -0.25) is 4.57 Å². The molecule has 0 saturated heterocycles. The van der Waals surface area contributed by atoms with Gasteiger partial charge in [0, 0.05) is 12.2 Å². The van der Waals surface area contributed by atoms with Gasteiger partial charge in [0.1, 0.15) is 11.3 Å². The van der Waals surface area contributed by atoms with Gasteiger partial charge in [-0.05, 0) is 0 Å². The van der Waals surface area contributed by atoms with Gasteiger partial charge in [-0.15, -0.1) is 0 Å². The smallest absolute Gasteiger partial charge is 0.342 e. The van der Waals surface area contributed by atoms with Crippen molar-refractivity contribution >= 4 is 18.8 Å². The molecule has 0 radical (unpaired) electrons. The molecule has 0 bridgehead atoms. The summed E-state index contributed by atoms with van der Waals surface area (Å²) in [5.74, 6) is 1.30. The molecule has 2 heterocycles. The molecule has 0 saturated carbocycles. The summed E-state index contributed by atoms with van der Waals surface area (Å²) in [5, 5.41) is 0. The lowest BCUT2D eigenvalue weighted by atomic mass is 10.4. The first kappa shape index (κ1) is 10.9. The lowest BCUT2D eigenvalue weighted by Crippen LogP contribution is -1.92. The van der Waals surface area contributed by atoms with E-state index < -0.39 is 7.60 Å². The normalized spacial score (nSPS) is 12.6. The Morgan fingerprint density at radius 3 is 3.00 bits per heavy atom. The van der Waals surface area contributed by atoms with Gasteiger partial charge in [0.15, 0.2) is 5.65 Å². The standard InChI is InChI=1S/C8H9N4O3P/c13-16(14,15)3-1-2-7-9-4-6-8(12-7)11-5-10-6/h1,3-5H,2H2,(H2,13,14,15)(H,9,10,11,12). The molecule has 2 rings (SSSR count). The predicted molar refractivity (Wildman–Crippen MR) is 56.6 cm³/mol. The number of nitrogens with one attached hydrogen (secondary N) is 1. The first-order valence-electron chi connectivity index (χ1n) is 4.42. The topological polar surface area (TPSA) is 112 Å². The molecule has 0 fully saturated rings. The molecule has 8 heteroatoms. The van der Waals surface area contributed by atoms with Crippen LogP contribution in [0.1, 0.15) is 5.82 Å². The highest BCUT2D eigenvalue weighted by Gasteiger charge is 2.05. The van der Waals surface area contributed by atoms with E-state index >= 15 is 0 Å². The van der Waals surface area contributed by atoms with Crippen LogP contribution in [0, 0.1) is 0 Å². The summed E-state index contributed by atoms with van der Waals surface area (Å²) in [7, 11) is -4.10. The molecular weight excluding hydrogens is 231 g/mol. The number of allylic oxidation sites excluding steroid dienone is 1. The monoisotopic (exact) mass is 240 g/mol. The molecule has 84 valence electrons. The number of H-pyrrole nitrogens is 1. The van der Waals surface area contributed by atoms with E-state index in [1.165, 1.54) is 12.4 Å². The van der Waals surface area contributed by atoms with Gasteiger partial charge in [0.05, 0.1) is 12.5 Å². The Morgan fingerprint density at radius 1 is 1.44 bits per heavy atom. The summed E-state index contributed by atoms with van der Waals surface area (Å²) in [5.41, 5.74) is 1.26. The van der Waals surface area contributed by atoms with Crippen molar-refractivity contribution in [1.82, 2.24) is 19.9 Å². The van der Waals surface area contributed by atoms with E-state index in [4.69, 9.17) is 9.79 Å². The second-order valence-electron chi connectivity index (χ2n) is 3.10. The van der Waals surface area contributed by atoms with Crippen LogP contribution in [-0.4, -0.2) is 29.7 Å². The molecule has 16 heavy (non-hydrogen) atoms. The van der Waals surface area contributed by atoms with Gasteiger partial charge in [0.2, 0.25) is 0 Å². The first-order chi connectivity index (χ1) is 7.54. The molecule has 2 aromatic rings. The van der Waals surface area contributed by atoms with Crippen LogP contribution in [0.15, 0.2) is 24.4 Å². The van der Waals surface area contributed by atoms with E-state index in [2.05, 4.69) is 19.9 Å². The van der Waals surface area contributed by atoms with Crippen molar-refractivity contribution < 1.29 is 14.4 Å². The number of hydrogen-bond donors (Lipinski definition) is 3. The number of nitrogens with zero attached hydrogens (tertiary/aromatic N) is 3. The molecule has 0 amide bonds. The summed E-state index contributed by atoms with van der Waals surface area (Å²) >= 11 is 0. The SMILES string of the molecule is O=P(O)(O)C=CCc1ncc2[nH]cnc2n1. The van der Waals surface area contributed by atoms with Gasteiger partial charge in [0.25, 0.3) is 0 Å². The lowest BCUT2D eigenvalue weighted by molar-refractivity contribution is 0.386. The average Bonchev–Trinajstić information content (AvgIpc) is 2.62. The largest absolute Gasteiger partial charge is 0.348 e. The molecule has 0 aliphatic carbocycles. The van der Waals surface area contributed by atoms with E-state index in [0.717, 1.165) is 11.3 Å². The first-order valence-corrected chi connectivity index (χ1v) is 6.11. The zero-order valence-electron chi connectivity index (χ0n) is 8.11. The zero-order valence-corrected chi connectivity index (χ0v) is 9.00. The third-order valence-electron chi connectivity index (χ3n) is 1.83. The van der Waals surface area contributed by atoms with Crippen molar-refractivity contribution in [3.05, 3.63) is 30.2 Å². The summed E-state index contributed by atoms with van der Waals surface area (Å²) in [4.78, 5) is 32.1. The molecule has 0 aliphatic rings. The number of hydrogen-bond acceptors (Lipinski definition) is 4. The Morgan fingerprint density at radius 2 is 2.25 bits per heavy atom. The lowest BCUT2D eigenvalue weighted by Gasteiger charge is -1.95. The number of imidazole rings is 1. The van der Waals surface area contributed by atoms with E-state index in [0.29, 0.717) is 11.5 Å². The van der Waals surface area contributed by atoms with Gasteiger partial charge >= 0.3 is 7.60 Å². The van der Waals surface area contributed by atoms with Crippen LogP contribution in [0.4, 0.5) is 0 Å². The van der Waals surface area contributed by atoms with Crippen molar-refractivity contribution in [2.75, 3.05) is 0 Å². The third kappa shape index (κ3) is 2.73. The Labute approximate surface area is 90.4 Å². The maximum Gasteiger partial charge on any atom is 0.348 e. The van der Waals surface area contributed by atoms with Crippen LogP contribution in [-0.2, 0) is 11.0 Å². The number of fused-ring (bicyclic) bond motifs is 1. The minimum atomic E-state index is -4.10. The molecular formula is C8H9N4O3P. The Hall–Kier alpha value is -1.56. The van der Waals surface area contributed by atoms with E-state index in [1.807, 2.05) is 0 Å². The summed E-state index contributed by atoms with van der Waals surface area (Å²) < 4.78 is 10.5. The van der Waals surface area contributed by atoms with Crippen molar-refractivity contribution in [3.8, 4) is 0 Å². The summed E-state index contributed by atoms with van der Waals surface area (Å²) in [6, 6.07) is 0. The highest BCUT2D eigenvalue weighted by Crippen LogP contribution is 2.35. The Bertz CT molecular complexity index is 573. The molecule has 2 aromatic heterocycles. The molecule has 0 unspecified atom stereocenters. The maximum absolute atomic E-state index is 10.5. The minimum absolute atomic E-state index is 0.258. The predicted octanol–water partition coefficient (Wildman–Crippen LogP) is 0.587. The van der Waals surface area contributed by atoms with Crippen LogP contribution in [0.3, 0.4) is 0 Å². The fourth-order valence-corrected chi connectivity index (χ4v) is 1.55. The van der Waals surface area contributed by atoms with E-state index in [1.54, 1.807) is 6.20 Å². The third-order valence-corrected chi connectivity index (χ3v) is 2.42. The van der Waals surface area contributed by atoms with Crippen LogP contribution in [0.25, 0.3) is 11.2 Å². The number of rotatable bonds is 3. The van der Waals surface area contributed by atoms with Gasteiger partial charge in [-0.1, -0.05) is 6.08 Å². The fourth-order valence-electron chi connectivity index (χ4n) is 1.17. The Kier molecular flexibility index (Phi) is 2.82. The minimum Gasteiger partial charge on any atom is -0.342 e. The van der Waals surface area contributed by atoms with E-state index in [-0.39, 0.29) is 6.42 Å². The van der Waals surface area contributed by atoms with Crippen molar-refractivity contribution in [2.24, 2.45) is 0 Å². The number of aromatic nitrogens is 4. The highest BCUT2D eigenvalue weighted by molar-refractivity contribution is 7.55. The molecule has 7 nitrogen and oxygen atoms in total. The fraction of sp³-hybridized carbons (Fsp3) is 0.125. The summed E-state index contributed by atoms with van der Waals surface area (Å²) in [6.45, 7) is 0. The van der Waals surface area contributed by atoms with Gasteiger partial charge < -0.3 is 14.8 Å². The quantitative estimate of drug-likeness (QED) is 0.677. The zero-order chi connectivity index (χ0) is 11.6. The van der Waals surface area contributed by atoms with E-state index in [9.17, 15) is 4.57 Å². The number of aromatic amines is 1. The van der Waals surface area contributed by atoms with Crippen LogP contribution < -0.4 is 0 Å². The van der Waals surface area contributed by atoms with Gasteiger partial charge in [-0.2, -0.15) is 0 Å². The maximum atomic E-state index is 10.5. The van der Waals surface area contributed by atoms with Crippen molar-refractivity contribution in [2.45, 2.75) is 6.42 Å². The van der Waals surface area contributed by atoms with Crippen molar-refractivity contribution in [3.63, 3.8) is 0 Å². The van der Waals surface area contributed by atoms with Crippen LogP contribution >= 0.6 is 7.60 Å². The average molecular weight is 240 g/mol. The molecule has 0 spiro atoms. The second kappa shape index (κ2) is 4.13. The van der Waals surface area contributed by atoms with Crippen molar-refractivity contribution in [1.29, 1.82) is 0 Å². The molecule has 0 aromatic carbocycles. The van der Waals surface area contributed by atoms with Crippen LogP contribution in [0.2, 0.25) is 0 Å². The molecule has 3 N–H and O–H groups in total. The summed E-state index contributed by atoms with van der Waals surface area (Å²) in [6.07, 6.45) is 4.69. The second-order valence-corrected chi connectivity index (χ2v) is 4.58. The van der Waals surface area contributed by atoms with Crippen LogP contribution in [0.5, 0.6) is 0 Å². The Balaban J connectivity index is 2.15. The highest BCUT2D eigenvalue weighted by atomic mass is 31.2. The molecule has 0 aliphatic heterocycles. The van der Waals surface area contributed by atoms with Gasteiger partial charge in [-0.25, -0.2) is 15.0 Å².